The van der Waals surface area contributed by atoms with Crippen molar-refractivity contribution in [3.63, 3.8) is 0 Å². The number of carbonyl (C=O) groups is 1. The van der Waals surface area contributed by atoms with E-state index in [1.807, 2.05) is 30.3 Å². The first-order valence-corrected chi connectivity index (χ1v) is 13.3. The molecule has 1 atom stereocenters. The highest BCUT2D eigenvalue weighted by Crippen LogP contribution is 2.48. The lowest BCUT2D eigenvalue weighted by atomic mass is 9.72. The molecule has 0 saturated carbocycles. The van der Waals surface area contributed by atoms with Crippen molar-refractivity contribution in [3.05, 3.63) is 93.2 Å². The molecular weight excluding hydrogens is 502 g/mol. The van der Waals surface area contributed by atoms with Gasteiger partial charge in [0.2, 0.25) is 11.1 Å². The largest absolute Gasteiger partial charge is 0.508 e. The first kappa shape index (κ1) is 24.2. The van der Waals surface area contributed by atoms with Crippen LogP contribution in [0.25, 0.3) is 10.8 Å². The number of anilines is 1. The first-order chi connectivity index (χ1) is 18.2. The van der Waals surface area contributed by atoms with Gasteiger partial charge in [-0.2, -0.15) is 4.98 Å². The number of nitrogens with one attached hydrogen (secondary N) is 1. The number of benzene rings is 3. The van der Waals surface area contributed by atoms with Gasteiger partial charge in [-0.15, -0.1) is 5.10 Å². The highest BCUT2D eigenvalue weighted by Gasteiger charge is 2.43. The zero-order valence-corrected chi connectivity index (χ0v) is 21.7. The van der Waals surface area contributed by atoms with Crippen molar-refractivity contribution in [2.24, 2.45) is 5.41 Å². The van der Waals surface area contributed by atoms with Crippen LogP contribution in [0, 0.1) is 15.5 Å². The number of nitrogens with zero attached hydrogens (tertiary/aromatic N) is 4. The van der Waals surface area contributed by atoms with Crippen LogP contribution in [0.1, 0.15) is 43.9 Å². The number of fused-ring (bicyclic) bond motifs is 2. The van der Waals surface area contributed by atoms with Crippen molar-refractivity contribution >= 4 is 40.0 Å². The summed E-state index contributed by atoms with van der Waals surface area (Å²) < 4.78 is 1.70. The molecule has 4 aromatic rings. The molecule has 10 heteroatoms. The Morgan fingerprint density at radius 1 is 1.13 bits per heavy atom. The van der Waals surface area contributed by atoms with Crippen molar-refractivity contribution < 1.29 is 14.8 Å². The van der Waals surface area contributed by atoms with E-state index in [1.54, 1.807) is 22.9 Å². The number of ketones is 1. The molecule has 0 radical (unpaired) electrons. The van der Waals surface area contributed by atoms with Gasteiger partial charge in [0.25, 0.3) is 5.69 Å². The zero-order chi connectivity index (χ0) is 26.6. The third kappa shape index (κ3) is 4.20. The Bertz CT molecular complexity index is 1640. The molecule has 1 aliphatic heterocycles. The molecule has 1 aromatic heterocycles. The number of hydrogen-bond acceptors (Lipinski definition) is 8. The summed E-state index contributed by atoms with van der Waals surface area (Å²) >= 11 is 1.40. The van der Waals surface area contributed by atoms with Gasteiger partial charge in [-0.1, -0.05) is 68.1 Å². The maximum atomic E-state index is 13.6. The molecule has 0 fully saturated rings. The molecule has 2 aliphatic rings. The standard InChI is InChI=1S/C28H25N5O4S/c1-28(2)13-20-24(22(35)14-28)25(23-19-6-4-3-5-17(19)9-12-21(23)34)32-26(29-20)30-27(31-32)38-15-16-7-10-18(11-8-16)33(36)37/h3-12,25,34H,13-15H2,1-2H3,(H,29,30,31). The highest BCUT2D eigenvalue weighted by molar-refractivity contribution is 7.98. The van der Waals surface area contributed by atoms with Gasteiger partial charge in [0, 0.05) is 41.1 Å². The second-order valence-corrected chi connectivity index (χ2v) is 11.4. The Balaban J connectivity index is 1.43. The van der Waals surface area contributed by atoms with Crippen LogP contribution in [0.2, 0.25) is 0 Å². The average molecular weight is 528 g/mol. The van der Waals surface area contributed by atoms with Gasteiger partial charge in [0.1, 0.15) is 11.8 Å². The van der Waals surface area contributed by atoms with E-state index in [4.69, 9.17) is 10.1 Å². The maximum absolute atomic E-state index is 13.6. The fraction of sp³-hybridized carbons (Fsp3) is 0.250. The molecule has 192 valence electrons. The smallest absolute Gasteiger partial charge is 0.269 e. The molecular formula is C28H25N5O4S. The third-order valence-electron chi connectivity index (χ3n) is 7.05. The number of rotatable bonds is 5. The lowest BCUT2D eigenvalue weighted by Crippen LogP contribution is -2.36. The average Bonchev–Trinajstić information content (AvgIpc) is 3.28. The van der Waals surface area contributed by atoms with Crippen LogP contribution in [0.15, 0.2) is 77.1 Å². The van der Waals surface area contributed by atoms with Gasteiger partial charge in [-0.3, -0.25) is 14.9 Å². The summed E-state index contributed by atoms with van der Waals surface area (Å²) in [5, 5.41) is 32.5. The van der Waals surface area contributed by atoms with E-state index in [2.05, 4.69) is 19.2 Å². The minimum Gasteiger partial charge on any atom is -0.508 e. The quantitative estimate of drug-likeness (QED) is 0.184. The lowest BCUT2D eigenvalue weighted by Gasteiger charge is -2.38. The van der Waals surface area contributed by atoms with E-state index in [0.717, 1.165) is 22.0 Å². The highest BCUT2D eigenvalue weighted by atomic mass is 32.2. The Hall–Kier alpha value is -4.18. The molecule has 38 heavy (non-hydrogen) atoms. The van der Waals surface area contributed by atoms with Gasteiger partial charge < -0.3 is 10.4 Å². The van der Waals surface area contributed by atoms with Crippen LogP contribution in [0.5, 0.6) is 5.75 Å². The summed E-state index contributed by atoms with van der Waals surface area (Å²) in [5.74, 6) is 1.16. The van der Waals surface area contributed by atoms with Gasteiger partial charge >= 0.3 is 0 Å². The Labute approximate surface area is 222 Å². The predicted molar refractivity (Wildman–Crippen MR) is 145 cm³/mol. The van der Waals surface area contributed by atoms with Crippen molar-refractivity contribution in [1.29, 1.82) is 0 Å². The van der Waals surface area contributed by atoms with E-state index < -0.39 is 11.0 Å². The second kappa shape index (κ2) is 8.98. The minimum absolute atomic E-state index is 0.0299. The van der Waals surface area contributed by atoms with Crippen molar-refractivity contribution in [2.45, 2.75) is 43.6 Å². The van der Waals surface area contributed by atoms with Crippen LogP contribution >= 0.6 is 11.8 Å². The number of nitro groups is 1. The third-order valence-corrected chi connectivity index (χ3v) is 7.96. The van der Waals surface area contributed by atoms with Crippen molar-refractivity contribution in [2.75, 3.05) is 5.32 Å². The number of non-ortho nitro benzene ring substituents is 1. The number of hydrogen-bond donors (Lipinski definition) is 2. The molecule has 2 heterocycles. The number of phenolic OH excluding ortho intramolecular Hbond substituents is 1. The van der Waals surface area contributed by atoms with E-state index in [1.165, 1.54) is 23.9 Å². The number of carbonyl (C=O) groups excluding carboxylic acids is 1. The molecule has 6 rings (SSSR count). The minimum atomic E-state index is -0.628. The number of allylic oxidation sites excluding steroid dienone is 2. The molecule has 2 N–H and O–H groups in total. The molecule has 0 spiro atoms. The molecule has 9 nitrogen and oxygen atoms in total. The van der Waals surface area contributed by atoms with Crippen LogP contribution in [-0.2, 0) is 10.5 Å². The summed E-state index contributed by atoms with van der Waals surface area (Å²) in [4.78, 5) is 28.8. The molecule has 1 aliphatic carbocycles. The van der Waals surface area contributed by atoms with Crippen LogP contribution in [0.4, 0.5) is 11.6 Å². The first-order valence-electron chi connectivity index (χ1n) is 12.3. The van der Waals surface area contributed by atoms with Gasteiger partial charge in [0.15, 0.2) is 5.78 Å². The number of nitro benzene ring substituents is 1. The van der Waals surface area contributed by atoms with E-state index >= 15 is 0 Å². The number of Topliss-reactive ketones (excluding diaryl/α,β-unsaturated/α-hetero) is 1. The topological polar surface area (TPSA) is 123 Å². The molecule has 0 saturated heterocycles. The molecule has 1 unspecified atom stereocenters. The lowest BCUT2D eigenvalue weighted by molar-refractivity contribution is -0.384. The second-order valence-electron chi connectivity index (χ2n) is 10.5. The Kier molecular flexibility index (Phi) is 5.71. The number of aromatic hydroxyl groups is 1. The Morgan fingerprint density at radius 2 is 1.89 bits per heavy atom. The summed E-state index contributed by atoms with van der Waals surface area (Å²) in [6.07, 6.45) is 1.08. The van der Waals surface area contributed by atoms with Gasteiger partial charge in [-0.05, 0) is 34.2 Å². The number of thioether (sulfide) groups is 1. The SMILES string of the molecule is CC1(C)CC(=O)C2=C(C1)Nc1nc(SCc3ccc([N+](=O)[O-])cc3)nn1C2c1c(O)ccc2ccccc12. The van der Waals surface area contributed by atoms with Crippen LogP contribution < -0.4 is 5.32 Å². The maximum Gasteiger partial charge on any atom is 0.269 e. The van der Waals surface area contributed by atoms with Gasteiger partial charge in [-0.25, -0.2) is 4.68 Å². The summed E-state index contributed by atoms with van der Waals surface area (Å²) in [5.41, 5.74) is 2.79. The molecule has 3 aromatic carbocycles. The molecule has 0 bridgehead atoms. The fourth-order valence-corrected chi connectivity index (χ4v) is 6.14. The van der Waals surface area contributed by atoms with Crippen LogP contribution in [0.3, 0.4) is 0 Å². The number of aromatic nitrogens is 3. The Morgan fingerprint density at radius 3 is 2.66 bits per heavy atom. The fourth-order valence-electron chi connectivity index (χ4n) is 5.35. The zero-order valence-electron chi connectivity index (χ0n) is 20.8. The van der Waals surface area contributed by atoms with E-state index in [9.17, 15) is 20.0 Å². The van der Waals surface area contributed by atoms with Crippen molar-refractivity contribution in [3.8, 4) is 5.75 Å². The summed E-state index contributed by atoms with van der Waals surface area (Å²) in [6.45, 7) is 4.15. The summed E-state index contributed by atoms with van der Waals surface area (Å²) in [6, 6.07) is 17.1. The van der Waals surface area contributed by atoms with Gasteiger partial charge in [0.05, 0.1) is 4.92 Å². The van der Waals surface area contributed by atoms with E-state index in [0.29, 0.717) is 40.8 Å². The number of phenols is 1. The summed E-state index contributed by atoms with van der Waals surface area (Å²) in [7, 11) is 0. The molecule has 0 amide bonds. The monoisotopic (exact) mass is 527 g/mol. The van der Waals surface area contributed by atoms with Crippen molar-refractivity contribution in [1.82, 2.24) is 14.8 Å². The van der Waals surface area contributed by atoms with E-state index in [-0.39, 0.29) is 22.6 Å². The normalized spacial score (nSPS) is 18.2. The predicted octanol–water partition coefficient (Wildman–Crippen LogP) is 6.00. The van der Waals surface area contributed by atoms with Crippen LogP contribution in [-0.4, -0.2) is 30.6 Å².